The predicted molar refractivity (Wildman–Crippen MR) is 84.6 cm³/mol. The summed E-state index contributed by atoms with van der Waals surface area (Å²) in [6.45, 7) is 3.16. The van der Waals surface area contributed by atoms with Gasteiger partial charge in [-0.1, -0.05) is 30.3 Å². The second-order valence-corrected chi connectivity index (χ2v) is 5.98. The van der Waals surface area contributed by atoms with E-state index < -0.39 is 0 Å². The Morgan fingerprint density at radius 1 is 1.23 bits per heavy atom. The Morgan fingerprint density at radius 3 is 2.64 bits per heavy atom. The first-order chi connectivity index (χ1) is 10.7. The first kappa shape index (κ1) is 14.7. The molecule has 1 fully saturated rings. The lowest BCUT2D eigenvalue weighted by Crippen LogP contribution is -2.51. The van der Waals surface area contributed by atoms with E-state index in [2.05, 4.69) is 4.98 Å². The highest BCUT2D eigenvalue weighted by Gasteiger charge is 2.32. The molecule has 0 bridgehead atoms. The smallest absolute Gasteiger partial charge is 0.273 e. The molecule has 6 heteroatoms. The van der Waals surface area contributed by atoms with Gasteiger partial charge < -0.3 is 9.80 Å². The minimum Gasteiger partial charge on any atom is -0.333 e. The molecule has 1 saturated heterocycles. The molecule has 0 spiro atoms. The second-order valence-electron chi connectivity index (χ2n) is 5.26. The molecular formula is C16H17N3O2S. The highest BCUT2D eigenvalue weighted by atomic mass is 32.1. The van der Waals surface area contributed by atoms with Crippen LogP contribution in [-0.2, 0) is 4.79 Å². The number of nitrogens with zero attached hydrogens (tertiary/aromatic N) is 3. The zero-order chi connectivity index (χ0) is 15.5. The number of aromatic nitrogens is 1. The number of benzene rings is 1. The SMILES string of the molecule is CC(=O)N1CCN(C(=O)c2cscn2)C[C@H]1c1ccccc1. The Hall–Kier alpha value is -2.21. The third kappa shape index (κ3) is 2.87. The lowest BCUT2D eigenvalue weighted by Gasteiger charge is -2.41. The Balaban J connectivity index is 1.84. The molecule has 1 aliphatic rings. The van der Waals surface area contributed by atoms with E-state index >= 15 is 0 Å². The Bertz CT molecular complexity index is 657. The van der Waals surface area contributed by atoms with Crippen LogP contribution in [0.5, 0.6) is 0 Å². The minimum atomic E-state index is -0.102. The third-order valence-corrected chi connectivity index (χ3v) is 4.49. The molecule has 3 rings (SSSR count). The van der Waals surface area contributed by atoms with Gasteiger partial charge >= 0.3 is 0 Å². The van der Waals surface area contributed by atoms with E-state index in [1.807, 2.05) is 35.2 Å². The molecular weight excluding hydrogens is 298 g/mol. The maximum Gasteiger partial charge on any atom is 0.273 e. The van der Waals surface area contributed by atoms with Crippen LogP contribution in [-0.4, -0.2) is 46.2 Å². The van der Waals surface area contributed by atoms with Gasteiger partial charge in [0.1, 0.15) is 5.69 Å². The fourth-order valence-corrected chi connectivity index (χ4v) is 3.31. The first-order valence-electron chi connectivity index (χ1n) is 7.16. The number of piperazine rings is 1. The Kier molecular flexibility index (Phi) is 4.20. The van der Waals surface area contributed by atoms with E-state index in [1.165, 1.54) is 11.3 Å². The van der Waals surface area contributed by atoms with E-state index in [0.717, 1.165) is 5.56 Å². The van der Waals surface area contributed by atoms with Gasteiger partial charge in [-0.2, -0.15) is 0 Å². The van der Waals surface area contributed by atoms with Crippen LogP contribution in [0.4, 0.5) is 0 Å². The lowest BCUT2D eigenvalue weighted by molar-refractivity contribution is -0.133. The van der Waals surface area contributed by atoms with Crippen LogP contribution in [0.2, 0.25) is 0 Å². The van der Waals surface area contributed by atoms with Crippen LogP contribution in [0, 0.1) is 0 Å². The van der Waals surface area contributed by atoms with Crippen LogP contribution in [0.1, 0.15) is 29.0 Å². The van der Waals surface area contributed by atoms with Crippen molar-refractivity contribution < 1.29 is 9.59 Å². The summed E-state index contributed by atoms with van der Waals surface area (Å²) in [6, 6.07) is 9.75. The van der Waals surface area contributed by atoms with E-state index in [9.17, 15) is 9.59 Å². The average Bonchev–Trinajstić information content (AvgIpc) is 3.09. The van der Waals surface area contributed by atoms with Crippen molar-refractivity contribution in [1.82, 2.24) is 14.8 Å². The van der Waals surface area contributed by atoms with E-state index in [4.69, 9.17) is 0 Å². The quantitative estimate of drug-likeness (QED) is 0.853. The summed E-state index contributed by atoms with van der Waals surface area (Å²) in [6.07, 6.45) is 0. The van der Waals surface area contributed by atoms with Gasteiger partial charge in [0.2, 0.25) is 5.91 Å². The van der Waals surface area contributed by atoms with Crippen molar-refractivity contribution in [3.05, 3.63) is 52.5 Å². The normalized spacial score (nSPS) is 18.3. The number of rotatable bonds is 2. The first-order valence-corrected chi connectivity index (χ1v) is 8.10. The summed E-state index contributed by atoms with van der Waals surface area (Å²) in [7, 11) is 0. The molecule has 2 heterocycles. The molecule has 0 radical (unpaired) electrons. The molecule has 0 unspecified atom stereocenters. The third-order valence-electron chi connectivity index (χ3n) is 3.91. The average molecular weight is 315 g/mol. The van der Waals surface area contributed by atoms with Crippen molar-refractivity contribution >= 4 is 23.2 Å². The van der Waals surface area contributed by atoms with Crippen LogP contribution < -0.4 is 0 Å². The lowest BCUT2D eigenvalue weighted by atomic mass is 10.0. The van der Waals surface area contributed by atoms with Gasteiger partial charge in [0.25, 0.3) is 5.91 Å². The molecule has 2 amide bonds. The topological polar surface area (TPSA) is 53.5 Å². The van der Waals surface area contributed by atoms with Gasteiger partial charge in [0.15, 0.2) is 0 Å². The summed E-state index contributed by atoms with van der Waals surface area (Å²) >= 11 is 1.41. The number of carbonyl (C=O) groups excluding carboxylic acids is 2. The Morgan fingerprint density at radius 2 is 2.00 bits per heavy atom. The van der Waals surface area contributed by atoms with Crippen LogP contribution in [0.25, 0.3) is 0 Å². The largest absolute Gasteiger partial charge is 0.333 e. The summed E-state index contributed by atoms with van der Waals surface area (Å²) in [5, 5.41) is 1.76. The summed E-state index contributed by atoms with van der Waals surface area (Å²) in [4.78, 5) is 32.1. The number of thiazole rings is 1. The zero-order valence-corrected chi connectivity index (χ0v) is 13.1. The number of carbonyl (C=O) groups is 2. The molecule has 0 saturated carbocycles. The van der Waals surface area contributed by atoms with Crippen LogP contribution >= 0.6 is 11.3 Å². The molecule has 1 aromatic carbocycles. The van der Waals surface area contributed by atoms with Crippen molar-refractivity contribution in [2.24, 2.45) is 0 Å². The summed E-state index contributed by atoms with van der Waals surface area (Å²) in [5.41, 5.74) is 3.19. The van der Waals surface area contributed by atoms with Crippen molar-refractivity contribution in [1.29, 1.82) is 0 Å². The van der Waals surface area contributed by atoms with Crippen LogP contribution in [0.15, 0.2) is 41.2 Å². The second kappa shape index (κ2) is 6.27. The van der Waals surface area contributed by atoms with E-state index in [0.29, 0.717) is 25.3 Å². The van der Waals surface area contributed by atoms with Crippen molar-refractivity contribution in [3.8, 4) is 0 Å². The van der Waals surface area contributed by atoms with Gasteiger partial charge in [0.05, 0.1) is 11.6 Å². The van der Waals surface area contributed by atoms with Gasteiger partial charge in [-0.15, -0.1) is 11.3 Å². The summed E-state index contributed by atoms with van der Waals surface area (Å²) < 4.78 is 0. The molecule has 0 aliphatic carbocycles. The maximum atomic E-state index is 12.5. The maximum absolute atomic E-state index is 12.5. The van der Waals surface area contributed by atoms with Crippen molar-refractivity contribution in [2.75, 3.05) is 19.6 Å². The molecule has 2 aromatic rings. The van der Waals surface area contributed by atoms with Crippen LogP contribution in [0.3, 0.4) is 0 Å². The molecule has 22 heavy (non-hydrogen) atoms. The van der Waals surface area contributed by atoms with E-state index in [1.54, 1.807) is 22.7 Å². The molecule has 1 aliphatic heterocycles. The van der Waals surface area contributed by atoms with Gasteiger partial charge in [-0.3, -0.25) is 9.59 Å². The summed E-state index contributed by atoms with van der Waals surface area (Å²) in [5.74, 6) is -0.0278. The highest BCUT2D eigenvalue weighted by molar-refractivity contribution is 7.07. The number of amides is 2. The minimum absolute atomic E-state index is 0.0367. The molecule has 0 N–H and O–H groups in total. The zero-order valence-electron chi connectivity index (χ0n) is 12.3. The van der Waals surface area contributed by atoms with Crippen molar-refractivity contribution in [3.63, 3.8) is 0 Å². The predicted octanol–water partition coefficient (Wildman–Crippen LogP) is 2.19. The van der Waals surface area contributed by atoms with Gasteiger partial charge in [0, 0.05) is 31.9 Å². The number of hydrogen-bond acceptors (Lipinski definition) is 4. The fourth-order valence-electron chi connectivity index (χ4n) is 2.78. The Labute approximate surface area is 133 Å². The van der Waals surface area contributed by atoms with Gasteiger partial charge in [-0.25, -0.2) is 4.98 Å². The standard InChI is InChI=1S/C16H17N3O2S/c1-12(20)19-8-7-18(16(21)14-10-22-11-17-14)9-15(19)13-5-3-2-4-6-13/h2-6,10-11,15H,7-9H2,1H3/t15-/m0/s1. The molecule has 1 atom stereocenters. The molecule has 114 valence electrons. The molecule has 1 aromatic heterocycles. The molecule has 5 nitrogen and oxygen atoms in total. The van der Waals surface area contributed by atoms with Crippen molar-refractivity contribution in [2.45, 2.75) is 13.0 Å². The fraction of sp³-hybridized carbons (Fsp3) is 0.312. The monoisotopic (exact) mass is 315 g/mol. The van der Waals surface area contributed by atoms with E-state index in [-0.39, 0.29) is 17.9 Å². The van der Waals surface area contributed by atoms with Gasteiger partial charge in [-0.05, 0) is 5.56 Å². The number of hydrogen-bond donors (Lipinski definition) is 0. The highest BCUT2D eigenvalue weighted by Crippen LogP contribution is 2.26.